The van der Waals surface area contributed by atoms with Crippen LogP contribution in [0.3, 0.4) is 0 Å². The molecule has 1 fully saturated rings. The van der Waals surface area contributed by atoms with Crippen LogP contribution in [0.1, 0.15) is 36.2 Å². The highest BCUT2D eigenvalue weighted by Crippen LogP contribution is 2.36. The van der Waals surface area contributed by atoms with Gasteiger partial charge in [0, 0.05) is 19.2 Å². The third kappa shape index (κ3) is 3.83. The summed E-state index contributed by atoms with van der Waals surface area (Å²) in [5.41, 5.74) is -0.290. The molecule has 144 valence electrons. The predicted molar refractivity (Wildman–Crippen MR) is 95.0 cm³/mol. The van der Waals surface area contributed by atoms with E-state index in [0.717, 1.165) is 0 Å². The molecule has 2 aromatic rings. The summed E-state index contributed by atoms with van der Waals surface area (Å²) >= 11 is 0. The molecule has 0 unspecified atom stereocenters. The Bertz CT molecular complexity index is 815. The largest absolute Gasteiger partial charge is 0.493 e. The van der Waals surface area contributed by atoms with Gasteiger partial charge < -0.3 is 14.4 Å². The molecule has 1 saturated heterocycles. The Kier molecular flexibility index (Phi) is 5.53. The van der Waals surface area contributed by atoms with E-state index in [1.54, 1.807) is 22.8 Å². The first-order valence-electron chi connectivity index (χ1n) is 8.67. The Morgan fingerprint density at radius 3 is 2.63 bits per heavy atom. The molecule has 1 aliphatic heterocycles. The molecule has 1 aliphatic rings. The Labute approximate surface area is 155 Å². The summed E-state index contributed by atoms with van der Waals surface area (Å²) in [6.07, 6.45) is 4.55. The SMILES string of the molecule is CCOc1cc(C(=O)N2CCC(n3cncn3)CC2)c([N+](=O)[O-])cc1OC. The number of rotatable bonds is 6. The van der Waals surface area contributed by atoms with Crippen molar-refractivity contribution in [2.45, 2.75) is 25.8 Å². The first-order chi connectivity index (χ1) is 13.0. The van der Waals surface area contributed by atoms with Crippen LogP contribution >= 0.6 is 0 Å². The van der Waals surface area contributed by atoms with E-state index in [0.29, 0.717) is 38.3 Å². The molecule has 1 aromatic heterocycles. The minimum absolute atomic E-state index is 0.00320. The fourth-order valence-corrected chi connectivity index (χ4v) is 3.21. The van der Waals surface area contributed by atoms with E-state index in [9.17, 15) is 14.9 Å². The van der Waals surface area contributed by atoms with E-state index >= 15 is 0 Å². The molecule has 1 amide bonds. The molecule has 10 heteroatoms. The molecule has 0 N–H and O–H groups in total. The van der Waals surface area contributed by atoms with E-state index in [-0.39, 0.29) is 28.9 Å². The number of nitrogens with zero attached hydrogens (tertiary/aromatic N) is 5. The normalized spacial score (nSPS) is 14.8. The van der Waals surface area contributed by atoms with Gasteiger partial charge in [-0.05, 0) is 19.8 Å². The quantitative estimate of drug-likeness (QED) is 0.561. The van der Waals surface area contributed by atoms with E-state index in [1.165, 1.54) is 25.6 Å². The van der Waals surface area contributed by atoms with Gasteiger partial charge in [0.25, 0.3) is 11.6 Å². The fourth-order valence-electron chi connectivity index (χ4n) is 3.21. The van der Waals surface area contributed by atoms with Gasteiger partial charge in [-0.3, -0.25) is 14.9 Å². The Balaban J connectivity index is 1.83. The number of nitro groups is 1. The second-order valence-electron chi connectivity index (χ2n) is 6.11. The van der Waals surface area contributed by atoms with Crippen molar-refractivity contribution < 1.29 is 19.2 Å². The molecule has 10 nitrogen and oxygen atoms in total. The zero-order valence-corrected chi connectivity index (χ0v) is 15.2. The molecular weight excluding hydrogens is 354 g/mol. The average molecular weight is 375 g/mol. The molecule has 0 bridgehead atoms. The van der Waals surface area contributed by atoms with Crippen LogP contribution in [-0.4, -0.2) is 57.3 Å². The van der Waals surface area contributed by atoms with E-state index < -0.39 is 4.92 Å². The number of likely N-dealkylation sites (tertiary alicyclic amines) is 1. The van der Waals surface area contributed by atoms with Crippen molar-refractivity contribution in [2.24, 2.45) is 0 Å². The number of piperidine rings is 1. The van der Waals surface area contributed by atoms with Gasteiger partial charge in [-0.1, -0.05) is 0 Å². The van der Waals surface area contributed by atoms with Gasteiger partial charge in [0.1, 0.15) is 18.2 Å². The van der Waals surface area contributed by atoms with Crippen molar-refractivity contribution in [3.05, 3.63) is 40.5 Å². The summed E-state index contributed by atoms with van der Waals surface area (Å²) in [6, 6.07) is 2.80. The zero-order chi connectivity index (χ0) is 19.4. The van der Waals surface area contributed by atoms with Crippen molar-refractivity contribution in [3.8, 4) is 11.5 Å². The summed E-state index contributed by atoms with van der Waals surface area (Å²) in [6.45, 7) is 3.11. The van der Waals surface area contributed by atoms with Crippen LogP contribution in [0.5, 0.6) is 11.5 Å². The fraction of sp³-hybridized carbons (Fsp3) is 0.471. The van der Waals surface area contributed by atoms with Crippen LogP contribution in [0.25, 0.3) is 0 Å². The summed E-state index contributed by atoms with van der Waals surface area (Å²) in [5, 5.41) is 15.6. The molecule has 3 rings (SSSR count). The predicted octanol–water partition coefficient (Wildman–Crippen LogP) is 2.07. The smallest absolute Gasteiger partial charge is 0.286 e. The van der Waals surface area contributed by atoms with Crippen LogP contribution in [0, 0.1) is 10.1 Å². The van der Waals surface area contributed by atoms with Crippen LogP contribution in [0.4, 0.5) is 5.69 Å². The van der Waals surface area contributed by atoms with Gasteiger partial charge in [-0.2, -0.15) is 5.10 Å². The van der Waals surface area contributed by atoms with Gasteiger partial charge in [-0.15, -0.1) is 0 Å². The van der Waals surface area contributed by atoms with Crippen molar-refractivity contribution in [2.75, 3.05) is 26.8 Å². The second kappa shape index (κ2) is 8.02. The molecule has 0 spiro atoms. The Hall–Kier alpha value is -3.17. The number of hydrogen-bond acceptors (Lipinski definition) is 7. The molecule has 0 radical (unpaired) electrons. The highest BCUT2D eigenvalue weighted by molar-refractivity contribution is 5.99. The standard InChI is InChI=1S/C17H21N5O5/c1-3-27-16-8-13(14(22(24)25)9-15(16)26-2)17(23)20-6-4-12(5-7-20)21-11-18-10-19-21/h8-12H,3-7H2,1-2H3. The topological polar surface area (TPSA) is 113 Å². The summed E-state index contributed by atoms with van der Waals surface area (Å²) in [7, 11) is 1.40. The highest BCUT2D eigenvalue weighted by Gasteiger charge is 2.31. The van der Waals surface area contributed by atoms with Crippen LogP contribution in [0.15, 0.2) is 24.8 Å². The number of ether oxygens (including phenoxy) is 2. The third-order valence-corrected chi connectivity index (χ3v) is 4.57. The minimum atomic E-state index is -0.576. The van der Waals surface area contributed by atoms with Crippen LogP contribution < -0.4 is 9.47 Å². The monoisotopic (exact) mass is 375 g/mol. The lowest BCUT2D eigenvalue weighted by atomic mass is 10.0. The lowest BCUT2D eigenvalue weighted by molar-refractivity contribution is -0.385. The molecule has 0 aliphatic carbocycles. The maximum Gasteiger partial charge on any atom is 0.286 e. The average Bonchev–Trinajstić information content (AvgIpc) is 3.22. The first-order valence-corrected chi connectivity index (χ1v) is 8.67. The maximum absolute atomic E-state index is 13.0. The number of nitro benzene ring substituents is 1. The minimum Gasteiger partial charge on any atom is -0.493 e. The van der Waals surface area contributed by atoms with Gasteiger partial charge in [0.2, 0.25) is 0 Å². The highest BCUT2D eigenvalue weighted by atomic mass is 16.6. The van der Waals surface area contributed by atoms with Crippen molar-refractivity contribution in [1.29, 1.82) is 0 Å². The molecule has 2 heterocycles. The molecular formula is C17H21N5O5. The zero-order valence-electron chi connectivity index (χ0n) is 15.2. The number of aromatic nitrogens is 3. The van der Waals surface area contributed by atoms with Crippen LogP contribution in [0.2, 0.25) is 0 Å². The number of benzene rings is 1. The number of carbonyl (C=O) groups excluding carboxylic acids is 1. The molecule has 0 atom stereocenters. The molecule has 1 aromatic carbocycles. The van der Waals surface area contributed by atoms with Crippen molar-refractivity contribution in [3.63, 3.8) is 0 Å². The lowest BCUT2D eigenvalue weighted by Crippen LogP contribution is -2.39. The van der Waals surface area contributed by atoms with Gasteiger partial charge in [0.05, 0.1) is 30.7 Å². The summed E-state index contributed by atoms with van der Waals surface area (Å²) in [5.74, 6) is 0.152. The Morgan fingerprint density at radius 2 is 2.07 bits per heavy atom. The van der Waals surface area contributed by atoms with Gasteiger partial charge in [0.15, 0.2) is 11.5 Å². The molecule has 0 saturated carbocycles. The van der Waals surface area contributed by atoms with Gasteiger partial charge >= 0.3 is 0 Å². The van der Waals surface area contributed by atoms with Crippen molar-refractivity contribution >= 4 is 11.6 Å². The number of amides is 1. The van der Waals surface area contributed by atoms with E-state index in [1.807, 2.05) is 0 Å². The first kappa shape index (κ1) is 18.6. The third-order valence-electron chi connectivity index (χ3n) is 4.57. The van der Waals surface area contributed by atoms with Crippen LogP contribution in [-0.2, 0) is 0 Å². The number of methoxy groups -OCH3 is 1. The second-order valence-corrected chi connectivity index (χ2v) is 6.11. The number of carbonyl (C=O) groups is 1. The van der Waals surface area contributed by atoms with Gasteiger partial charge in [-0.25, -0.2) is 9.67 Å². The number of hydrogen-bond donors (Lipinski definition) is 0. The van der Waals surface area contributed by atoms with Crippen molar-refractivity contribution in [1.82, 2.24) is 19.7 Å². The summed E-state index contributed by atoms with van der Waals surface area (Å²) < 4.78 is 12.4. The molecule has 27 heavy (non-hydrogen) atoms. The van der Waals surface area contributed by atoms with E-state index in [4.69, 9.17) is 9.47 Å². The van der Waals surface area contributed by atoms with E-state index in [2.05, 4.69) is 10.1 Å². The Morgan fingerprint density at radius 1 is 1.33 bits per heavy atom. The maximum atomic E-state index is 13.0. The summed E-state index contributed by atoms with van der Waals surface area (Å²) in [4.78, 5) is 29.4. The lowest BCUT2D eigenvalue weighted by Gasteiger charge is -2.31.